The summed E-state index contributed by atoms with van der Waals surface area (Å²) >= 11 is 0. The molecule has 0 amide bonds. The molecule has 80 valence electrons. The van der Waals surface area contributed by atoms with Crippen molar-refractivity contribution in [3.8, 4) is 0 Å². The van der Waals surface area contributed by atoms with Gasteiger partial charge in [-0.2, -0.15) is 0 Å². The highest BCUT2D eigenvalue weighted by Gasteiger charge is 2.03. The maximum atomic E-state index is 4.47. The molecule has 3 aromatic rings. The molecule has 1 heterocycles. The molecule has 4 rings (SSSR count). The highest BCUT2D eigenvalue weighted by molar-refractivity contribution is 5.97. The van der Waals surface area contributed by atoms with E-state index in [-0.39, 0.29) is 0 Å². The Morgan fingerprint density at radius 3 is 2.47 bits per heavy atom. The van der Waals surface area contributed by atoms with Crippen LogP contribution < -0.4 is 10.7 Å². The molecule has 3 aromatic carbocycles. The summed E-state index contributed by atoms with van der Waals surface area (Å²) in [6.45, 7) is 0.571. The third-order valence-electron chi connectivity index (χ3n) is 3.31. The summed E-state index contributed by atoms with van der Waals surface area (Å²) in [5, 5.41) is 7.05. The third-order valence-corrected chi connectivity index (χ3v) is 3.31. The molecule has 0 atom stereocenters. The Kier molecular flexibility index (Phi) is 1.64. The van der Waals surface area contributed by atoms with E-state index in [1.165, 1.54) is 21.5 Å². The molecule has 1 aliphatic rings. The van der Waals surface area contributed by atoms with E-state index in [4.69, 9.17) is 0 Å². The highest BCUT2D eigenvalue weighted by atomic mass is 15.0. The monoisotopic (exact) mass is 218 g/mol. The molecule has 0 aliphatic carbocycles. The van der Waals surface area contributed by atoms with Crippen molar-refractivity contribution >= 4 is 21.5 Å². The second-order valence-corrected chi connectivity index (χ2v) is 4.31. The summed E-state index contributed by atoms with van der Waals surface area (Å²) in [6.07, 6.45) is 0. The summed E-state index contributed by atoms with van der Waals surface area (Å²) in [7, 11) is 0. The van der Waals surface area contributed by atoms with E-state index < -0.39 is 0 Å². The SMILES string of the molecule is c1ccc2cc3c4c(ccc3cc2c1)=NCN=4. The number of hydrogen-bond acceptors (Lipinski definition) is 2. The second-order valence-electron chi connectivity index (χ2n) is 4.31. The lowest BCUT2D eigenvalue weighted by Crippen LogP contribution is -2.21. The summed E-state index contributed by atoms with van der Waals surface area (Å²) in [5.41, 5.74) is 0. The number of hydrogen-bond donors (Lipinski definition) is 0. The Hall–Kier alpha value is -2.22. The van der Waals surface area contributed by atoms with Crippen LogP contribution in [0.25, 0.3) is 21.5 Å². The van der Waals surface area contributed by atoms with E-state index in [0.717, 1.165) is 10.7 Å². The maximum Gasteiger partial charge on any atom is 0.130 e. The van der Waals surface area contributed by atoms with Gasteiger partial charge >= 0.3 is 0 Å². The van der Waals surface area contributed by atoms with Gasteiger partial charge in [-0.1, -0.05) is 30.3 Å². The van der Waals surface area contributed by atoms with Gasteiger partial charge in [-0.3, -0.25) is 9.98 Å². The Labute approximate surface area is 97.9 Å². The van der Waals surface area contributed by atoms with Crippen LogP contribution in [0.15, 0.2) is 58.5 Å². The summed E-state index contributed by atoms with van der Waals surface area (Å²) < 4.78 is 0. The number of benzene rings is 3. The molecule has 0 spiro atoms. The zero-order valence-corrected chi connectivity index (χ0v) is 9.22. The predicted molar refractivity (Wildman–Crippen MR) is 68.6 cm³/mol. The Bertz CT molecular complexity index is 863. The van der Waals surface area contributed by atoms with Crippen molar-refractivity contribution in [1.29, 1.82) is 0 Å². The zero-order chi connectivity index (χ0) is 11.2. The van der Waals surface area contributed by atoms with E-state index in [9.17, 15) is 0 Å². The first-order valence-corrected chi connectivity index (χ1v) is 5.72. The predicted octanol–water partition coefficient (Wildman–Crippen LogP) is 2.20. The number of rotatable bonds is 0. The van der Waals surface area contributed by atoms with E-state index in [2.05, 4.69) is 58.5 Å². The molecule has 0 N–H and O–H groups in total. The van der Waals surface area contributed by atoms with Gasteiger partial charge in [-0.05, 0) is 34.4 Å². The molecule has 1 aliphatic heterocycles. The number of fused-ring (bicyclic) bond motifs is 4. The molecule has 0 unspecified atom stereocenters. The van der Waals surface area contributed by atoms with Crippen molar-refractivity contribution in [3.05, 3.63) is 59.2 Å². The van der Waals surface area contributed by atoms with Crippen LogP contribution in [0.5, 0.6) is 0 Å². The maximum absolute atomic E-state index is 4.47. The van der Waals surface area contributed by atoms with Crippen molar-refractivity contribution < 1.29 is 0 Å². The van der Waals surface area contributed by atoms with Crippen LogP contribution in [0, 0.1) is 0 Å². The Balaban J connectivity index is 2.30. The van der Waals surface area contributed by atoms with Gasteiger partial charge in [0.1, 0.15) is 6.67 Å². The van der Waals surface area contributed by atoms with Crippen molar-refractivity contribution in [2.75, 3.05) is 6.67 Å². The summed E-state index contributed by atoms with van der Waals surface area (Å²) in [5.74, 6) is 0. The molecule has 0 saturated heterocycles. The van der Waals surface area contributed by atoms with Gasteiger partial charge in [0, 0.05) is 5.39 Å². The first-order chi connectivity index (χ1) is 8.42. The fraction of sp³-hybridized carbons (Fsp3) is 0.0667. The van der Waals surface area contributed by atoms with Gasteiger partial charge in [0.05, 0.1) is 10.7 Å². The Morgan fingerprint density at radius 1 is 0.765 bits per heavy atom. The quantitative estimate of drug-likeness (QED) is 0.517. The van der Waals surface area contributed by atoms with Gasteiger partial charge in [-0.15, -0.1) is 0 Å². The molecular weight excluding hydrogens is 208 g/mol. The summed E-state index contributed by atoms with van der Waals surface area (Å²) in [6, 6.07) is 17.0. The summed E-state index contributed by atoms with van der Waals surface area (Å²) in [4.78, 5) is 8.83. The van der Waals surface area contributed by atoms with E-state index in [1.807, 2.05) is 0 Å². The van der Waals surface area contributed by atoms with Crippen LogP contribution in [-0.2, 0) is 0 Å². The fourth-order valence-electron chi connectivity index (χ4n) is 2.46. The highest BCUT2D eigenvalue weighted by Crippen LogP contribution is 2.19. The average Bonchev–Trinajstić information content (AvgIpc) is 2.85. The molecule has 2 nitrogen and oxygen atoms in total. The topological polar surface area (TPSA) is 24.7 Å². The van der Waals surface area contributed by atoms with Crippen molar-refractivity contribution in [2.45, 2.75) is 0 Å². The minimum atomic E-state index is 0.571. The smallest absolute Gasteiger partial charge is 0.130 e. The first kappa shape index (κ1) is 8.88. The van der Waals surface area contributed by atoms with E-state index in [1.54, 1.807) is 0 Å². The largest absolute Gasteiger partial charge is 0.260 e. The van der Waals surface area contributed by atoms with Crippen molar-refractivity contribution in [3.63, 3.8) is 0 Å². The minimum absolute atomic E-state index is 0.571. The van der Waals surface area contributed by atoms with Gasteiger partial charge < -0.3 is 0 Å². The van der Waals surface area contributed by atoms with Crippen LogP contribution in [0.4, 0.5) is 0 Å². The third kappa shape index (κ3) is 1.21. The normalized spacial score (nSPS) is 13.4. The standard InChI is InChI=1S/C15H10N2/c1-2-4-11-8-13-12(7-10(11)3-1)5-6-14-15(13)17-9-16-14/h1-8H,9H2. The molecule has 2 heteroatoms. The number of nitrogens with zero attached hydrogens (tertiary/aromatic N) is 2. The molecule has 0 aromatic heterocycles. The van der Waals surface area contributed by atoms with Crippen LogP contribution in [-0.4, -0.2) is 6.67 Å². The first-order valence-electron chi connectivity index (χ1n) is 5.72. The molecule has 0 bridgehead atoms. The van der Waals surface area contributed by atoms with Gasteiger partial charge in [0.15, 0.2) is 0 Å². The fourth-order valence-corrected chi connectivity index (χ4v) is 2.46. The van der Waals surface area contributed by atoms with Crippen LogP contribution in [0.2, 0.25) is 0 Å². The molecule has 0 fully saturated rings. The van der Waals surface area contributed by atoms with Crippen LogP contribution in [0.1, 0.15) is 0 Å². The lowest BCUT2D eigenvalue weighted by atomic mass is 10.0. The van der Waals surface area contributed by atoms with E-state index in [0.29, 0.717) is 6.67 Å². The minimum Gasteiger partial charge on any atom is -0.260 e. The lowest BCUT2D eigenvalue weighted by Gasteiger charge is -2.01. The van der Waals surface area contributed by atoms with E-state index >= 15 is 0 Å². The van der Waals surface area contributed by atoms with Gasteiger partial charge in [0.25, 0.3) is 0 Å². The van der Waals surface area contributed by atoms with Crippen LogP contribution >= 0.6 is 0 Å². The lowest BCUT2D eigenvalue weighted by molar-refractivity contribution is 1.06. The Morgan fingerprint density at radius 2 is 1.59 bits per heavy atom. The second kappa shape index (κ2) is 3.14. The van der Waals surface area contributed by atoms with Gasteiger partial charge in [-0.25, -0.2) is 0 Å². The molecule has 0 radical (unpaired) electrons. The zero-order valence-electron chi connectivity index (χ0n) is 9.22. The van der Waals surface area contributed by atoms with Crippen molar-refractivity contribution in [2.24, 2.45) is 9.98 Å². The molecule has 0 saturated carbocycles. The van der Waals surface area contributed by atoms with Gasteiger partial charge in [0.2, 0.25) is 0 Å². The average molecular weight is 218 g/mol. The molecule has 17 heavy (non-hydrogen) atoms. The van der Waals surface area contributed by atoms with Crippen molar-refractivity contribution in [1.82, 2.24) is 0 Å². The van der Waals surface area contributed by atoms with Crippen LogP contribution in [0.3, 0.4) is 0 Å². The molecular formula is C15H10N2.